The minimum atomic E-state index is -0.272. The van der Waals surface area contributed by atoms with Gasteiger partial charge in [-0.2, -0.15) is 0 Å². The summed E-state index contributed by atoms with van der Waals surface area (Å²) in [5, 5.41) is 0.0729. The van der Waals surface area contributed by atoms with Crippen molar-refractivity contribution in [2.45, 2.75) is 6.42 Å². The Morgan fingerprint density at radius 1 is 1.17 bits per heavy atom. The second kappa shape index (κ2) is 5.56. The lowest BCUT2D eigenvalue weighted by Crippen LogP contribution is -2.07. The maximum atomic E-state index is 11.7. The van der Waals surface area contributed by atoms with Crippen molar-refractivity contribution in [2.75, 3.05) is 0 Å². The van der Waals surface area contributed by atoms with E-state index in [1.54, 1.807) is 0 Å². The van der Waals surface area contributed by atoms with Gasteiger partial charge in [0, 0.05) is 0 Å². The summed E-state index contributed by atoms with van der Waals surface area (Å²) in [6.07, 6.45) is 4.42. The zero-order valence-electron chi connectivity index (χ0n) is 9.47. The highest BCUT2D eigenvalue weighted by atomic mass is 35.5. The quantitative estimate of drug-likeness (QED) is 0.766. The first-order valence-corrected chi connectivity index (χ1v) is 5.78. The molecular weight excluding hydrogens is 250 g/mol. The fourth-order valence-corrected chi connectivity index (χ4v) is 1.69. The van der Waals surface area contributed by atoms with Gasteiger partial charge in [0.05, 0.1) is 17.2 Å². The molecule has 4 heteroatoms. The summed E-state index contributed by atoms with van der Waals surface area (Å²) in [6.45, 7) is 0. The van der Waals surface area contributed by atoms with E-state index in [4.69, 9.17) is 11.6 Å². The molecule has 2 rings (SSSR count). The van der Waals surface area contributed by atoms with Crippen LogP contribution in [0, 0.1) is 0 Å². The monoisotopic (exact) mass is 259 g/mol. The summed E-state index contributed by atoms with van der Waals surface area (Å²) in [4.78, 5) is 26.7. The van der Waals surface area contributed by atoms with Crippen LogP contribution < -0.4 is 0 Å². The number of amides is 1. The molecule has 1 aliphatic carbocycles. The van der Waals surface area contributed by atoms with E-state index >= 15 is 0 Å². The van der Waals surface area contributed by atoms with E-state index in [2.05, 4.69) is 4.99 Å². The molecule has 0 aromatic heterocycles. The lowest BCUT2D eigenvalue weighted by atomic mass is 10.1. The second-order valence-electron chi connectivity index (χ2n) is 3.78. The molecular formula is C14H10ClNO2. The highest BCUT2D eigenvalue weighted by Crippen LogP contribution is 2.10. The van der Waals surface area contributed by atoms with Crippen molar-refractivity contribution < 1.29 is 9.59 Å². The first-order valence-electron chi connectivity index (χ1n) is 5.40. The number of hydrogen-bond donors (Lipinski definition) is 0. The smallest absolute Gasteiger partial charge is 0.250 e. The Labute approximate surface area is 109 Å². The van der Waals surface area contributed by atoms with E-state index in [9.17, 15) is 9.59 Å². The summed E-state index contributed by atoms with van der Waals surface area (Å²) in [7, 11) is 0. The third-order valence-electron chi connectivity index (χ3n) is 2.37. The number of halogens is 1. The van der Waals surface area contributed by atoms with Crippen LogP contribution in [0.5, 0.6) is 0 Å². The molecule has 0 aliphatic heterocycles. The summed E-state index contributed by atoms with van der Waals surface area (Å²) < 4.78 is 0. The van der Waals surface area contributed by atoms with Crippen LogP contribution in [-0.4, -0.2) is 17.4 Å². The van der Waals surface area contributed by atoms with Crippen molar-refractivity contribution in [3.05, 3.63) is 59.2 Å². The van der Waals surface area contributed by atoms with Crippen molar-refractivity contribution in [2.24, 2.45) is 4.99 Å². The molecule has 1 aliphatic rings. The molecule has 1 amide bonds. The average Bonchev–Trinajstić information content (AvgIpc) is 2.35. The SMILES string of the molecule is O=C(Cc1ccccc1)N=C1C=CC(=O)C(Cl)=C1. The molecule has 0 heterocycles. The van der Waals surface area contributed by atoms with E-state index in [1.807, 2.05) is 30.3 Å². The Morgan fingerprint density at radius 3 is 2.56 bits per heavy atom. The number of ketones is 1. The molecule has 3 nitrogen and oxygen atoms in total. The van der Waals surface area contributed by atoms with Crippen LogP contribution in [0.2, 0.25) is 0 Å². The Hall–Kier alpha value is -2.00. The summed E-state index contributed by atoms with van der Waals surface area (Å²) >= 11 is 5.67. The van der Waals surface area contributed by atoms with E-state index in [0.717, 1.165) is 5.56 Å². The molecule has 1 aromatic rings. The third-order valence-corrected chi connectivity index (χ3v) is 2.66. The molecule has 0 saturated heterocycles. The topological polar surface area (TPSA) is 46.5 Å². The number of carbonyl (C=O) groups is 2. The Bertz CT molecular complexity index is 571. The normalized spacial score (nSPS) is 16.8. The van der Waals surface area contributed by atoms with Crippen molar-refractivity contribution in [1.82, 2.24) is 0 Å². The molecule has 0 bridgehead atoms. The second-order valence-corrected chi connectivity index (χ2v) is 4.19. The van der Waals surface area contributed by atoms with Gasteiger partial charge >= 0.3 is 0 Å². The van der Waals surface area contributed by atoms with E-state index in [1.165, 1.54) is 18.2 Å². The zero-order valence-corrected chi connectivity index (χ0v) is 10.2. The highest BCUT2D eigenvalue weighted by molar-refractivity contribution is 6.47. The van der Waals surface area contributed by atoms with Crippen molar-refractivity contribution in [3.8, 4) is 0 Å². The molecule has 1 aromatic carbocycles. The number of hydrogen-bond acceptors (Lipinski definition) is 2. The van der Waals surface area contributed by atoms with Gasteiger partial charge in [0.25, 0.3) is 5.91 Å². The van der Waals surface area contributed by atoms with Gasteiger partial charge in [0.15, 0.2) is 5.78 Å². The Balaban J connectivity index is 2.08. The molecule has 0 radical (unpaired) electrons. The van der Waals surface area contributed by atoms with E-state index in [0.29, 0.717) is 5.71 Å². The standard InChI is InChI=1S/C14H10ClNO2/c15-12-9-11(6-7-13(12)17)16-14(18)8-10-4-2-1-3-5-10/h1-7,9H,8H2. The summed E-state index contributed by atoms with van der Waals surface area (Å²) in [5.74, 6) is -0.540. The molecule has 0 unspecified atom stereocenters. The van der Waals surface area contributed by atoms with Crippen LogP contribution in [0.1, 0.15) is 5.56 Å². The van der Waals surface area contributed by atoms with Gasteiger partial charge in [0.2, 0.25) is 0 Å². The number of nitrogens with zero attached hydrogens (tertiary/aromatic N) is 1. The fraction of sp³-hybridized carbons (Fsp3) is 0.0714. The van der Waals surface area contributed by atoms with Crippen molar-refractivity contribution in [1.29, 1.82) is 0 Å². The maximum absolute atomic E-state index is 11.7. The largest absolute Gasteiger partial charge is 0.288 e. The summed E-state index contributed by atoms with van der Waals surface area (Å²) in [5.41, 5.74) is 1.30. The lowest BCUT2D eigenvalue weighted by Gasteiger charge is -2.02. The Kier molecular flexibility index (Phi) is 3.85. The van der Waals surface area contributed by atoms with Crippen LogP contribution >= 0.6 is 11.6 Å². The van der Waals surface area contributed by atoms with E-state index < -0.39 is 0 Å². The van der Waals surface area contributed by atoms with Crippen molar-refractivity contribution >= 4 is 29.0 Å². The van der Waals surface area contributed by atoms with Crippen molar-refractivity contribution in [3.63, 3.8) is 0 Å². The number of carbonyl (C=O) groups excluding carboxylic acids is 2. The minimum absolute atomic E-state index is 0.0729. The first kappa shape index (κ1) is 12.5. The molecule has 0 atom stereocenters. The predicted molar refractivity (Wildman–Crippen MR) is 70.7 cm³/mol. The van der Waals surface area contributed by atoms with Gasteiger partial charge in [-0.1, -0.05) is 41.9 Å². The molecule has 18 heavy (non-hydrogen) atoms. The van der Waals surface area contributed by atoms with Gasteiger partial charge in [-0.15, -0.1) is 0 Å². The van der Waals surface area contributed by atoms with Crippen LogP contribution in [0.4, 0.5) is 0 Å². The van der Waals surface area contributed by atoms with E-state index in [-0.39, 0.29) is 23.1 Å². The van der Waals surface area contributed by atoms with Crippen LogP contribution in [-0.2, 0) is 16.0 Å². The minimum Gasteiger partial charge on any atom is -0.288 e. The van der Waals surface area contributed by atoms with Gasteiger partial charge in [-0.25, -0.2) is 4.99 Å². The van der Waals surface area contributed by atoms with Crippen LogP contribution in [0.15, 0.2) is 58.6 Å². The van der Waals surface area contributed by atoms with Gasteiger partial charge in [-0.05, 0) is 23.8 Å². The van der Waals surface area contributed by atoms with Gasteiger partial charge in [-0.3, -0.25) is 9.59 Å². The zero-order chi connectivity index (χ0) is 13.0. The number of benzene rings is 1. The van der Waals surface area contributed by atoms with Crippen LogP contribution in [0.25, 0.3) is 0 Å². The first-order chi connectivity index (χ1) is 8.65. The number of aliphatic imine (C=N–C) groups is 1. The number of rotatable bonds is 2. The van der Waals surface area contributed by atoms with Crippen LogP contribution in [0.3, 0.4) is 0 Å². The predicted octanol–water partition coefficient (Wildman–Crippen LogP) is 2.46. The van der Waals surface area contributed by atoms with Gasteiger partial charge < -0.3 is 0 Å². The highest BCUT2D eigenvalue weighted by Gasteiger charge is 2.10. The third kappa shape index (κ3) is 3.25. The molecule has 0 saturated carbocycles. The average molecular weight is 260 g/mol. The molecule has 0 N–H and O–H groups in total. The maximum Gasteiger partial charge on any atom is 0.250 e. The summed E-state index contributed by atoms with van der Waals surface area (Å²) in [6, 6.07) is 9.34. The van der Waals surface area contributed by atoms with Gasteiger partial charge in [0.1, 0.15) is 0 Å². The lowest BCUT2D eigenvalue weighted by molar-refractivity contribution is -0.117. The molecule has 0 spiro atoms. The Morgan fingerprint density at radius 2 is 1.89 bits per heavy atom. The number of allylic oxidation sites excluding steroid dienone is 4. The fourth-order valence-electron chi connectivity index (χ4n) is 1.51. The molecule has 90 valence electrons. The molecule has 0 fully saturated rings.